The molecule has 2 rings (SSSR count). The minimum absolute atomic E-state index is 0.120. The summed E-state index contributed by atoms with van der Waals surface area (Å²) in [6.07, 6.45) is 1.25. The second kappa shape index (κ2) is 4.37. The van der Waals surface area contributed by atoms with Crippen LogP contribution in [0.4, 0.5) is 0 Å². The van der Waals surface area contributed by atoms with Crippen LogP contribution in [0.2, 0.25) is 0 Å². The number of carbonyl (C=O) groups excluding carboxylic acids is 1. The first-order chi connectivity index (χ1) is 8.47. The van der Waals surface area contributed by atoms with Crippen molar-refractivity contribution in [3.63, 3.8) is 0 Å². The van der Waals surface area contributed by atoms with Crippen LogP contribution in [0, 0.1) is 0 Å². The first kappa shape index (κ1) is 12.5. The number of methoxy groups -OCH3 is 1. The number of rotatable bonds is 1. The minimum atomic E-state index is -0.621. The van der Waals surface area contributed by atoms with Gasteiger partial charge in [-0.1, -0.05) is 0 Å². The lowest BCUT2D eigenvalue weighted by molar-refractivity contribution is 0.0599. The second-order valence-electron chi connectivity index (χ2n) is 3.49. The van der Waals surface area contributed by atoms with Crippen molar-refractivity contribution < 1.29 is 9.53 Å². The van der Waals surface area contributed by atoms with Gasteiger partial charge >= 0.3 is 11.7 Å². The molecule has 0 bridgehead atoms. The van der Waals surface area contributed by atoms with Gasteiger partial charge in [0.05, 0.1) is 22.5 Å². The predicted octanol–water partition coefficient (Wildman–Crippen LogP) is 0.171. The van der Waals surface area contributed by atoms with Crippen molar-refractivity contribution in [1.82, 2.24) is 14.5 Å². The number of nitrogens with zero attached hydrogens (tertiary/aromatic N) is 2. The lowest BCUT2D eigenvalue weighted by Gasteiger charge is -2.07. The van der Waals surface area contributed by atoms with E-state index in [1.165, 1.54) is 24.9 Å². The third-order valence-corrected chi connectivity index (χ3v) is 3.29. The molecular weight excluding hydrogens is 306 g/mol. The van der Waals surface area contributed by atoms with Crippen molar-refractivity contribution in [1.29, 1.82) is 0 Å². The number of hydrogen-bond donors (Lipinski definition) is 1. The van der Waals surface area contributed by atoms with E-state index in [1.807, 2.05) is 0 Å². The Morgan fingerprint density at radius 2 is 2.17 bits per heavy atom. The number of hydrogen-bond acceptors (Lipinski definition) is 5. The molecule has 0 saturated heterocycles. The van der Waals surface area contributed by atoms with Gasteiger partial charge in [0.2, 0.25) is 0 Å². The molecule has 8 heteroatoms. The maximum Gasteiger partial charge on any atom is 0.340 e. The van der Waals surface area contributed by atoms with Crippen LogP contribution < -0.4 is 11.2 Å². The average Bonchev–Trinajstić information content (AvgIpc) is 2.34. The van der Waals surface area contributed by atoms with E-state index in [4.69, 9.17) is 0 Å². The lowest BCUT2D eigenvalue weighted by Crippen LogP contribution is -2.29. The topological polar surface area (TPSA) is 94.1 Å². The summed E-state index contributed by atoms with van der Waals surface area (Å²) in [6, 6.07) is 0. The fourth-order valence-electron chi connectivity index (χ4n) is 1.53. The highest BCUT2D eigenvalue weighted by molar-refractivity contribution is 9.10. The van der Waals surface area contributed by atoms with Gasteiger partial charge < -0.3 is 4.74 Å². The fraction of sp³-hybridized carbons (Fsp3) is 0.200. The summed E-state index contributed by atoms with van der Waals surface area (Å²) in [5.74, 6) is -0.621. The summed E-state index contributed by atoms with van der Waals surface area (Å²) in [6.45, 7) is 0. The highest BCUT2D eigenvalue weighted by Crippen LogP contribution is 2.22. The van der Waals surface area contributed by atoms with Gasteiger partial charge in [0, 0.05) is 13.2 Å². The normalized spacial score (nSPS) is 10.6. The van der Waals surface area contributed by atoms with Gasteiger partial charge in [0.25, 0.3) is 5.56 Å². The van der Waals surface area contributed by atoms with Crippen molar-refractivity contribution in [2.75, 3.05) is 7.11 Å². The minimum Gasteiger partial charge on any atom is -0.465 e. The number of esters is 1. The maximum atomic E-state index is 11.7. The molecule has 94 valence electrons. The number of ether oxygens (including phenoxy) is 1. The lowest BCUT2D eigenvalue weighted by atomic mass is 10.2. The molecule has 1 N–H and O–H groups in total. The van der Waals surface area contributed by atoms with E-state index in [2.05, 4.69) is 30.6 Å². The van der Waals surface area contributed by atoms with Crippen molar-refractivity contribution in [3.05, 3.63) is 37.1 Å². The van der Waals surface area contributed by atoms with E-state index in [0.29, 0.717) is 0 Å². The Morgan fingerprint density at radius 3 is 2.78 bits per heavy atom. The Balaban J connectivity index is 2.97. The molecule has 18 heavy (non-hydrogen) atoms. The zero-order valence-corrected chi connectivity index (χ0v) is 11.1. The van der Waals surface area contributed by atoms with E-state index < -0.39 is 17.2 Å². The summed E-state index contributed by atoms with van der Waals surface area (Å²) in [4.78, 5) is 40.7. The first-order valence-electron chi connectivity index (χ1n) is 4.83. The molecule has 7 nitrogen and oxygen atoms in total. The van der Waals surface area contributed by atoms with Gasteiger partial charge in [-0.2, -0.15) is 0 Å². The molecule has 0 aliphatic carbocycles. The van der Waals surface area contributed by atoms with Crippen molar-refractivity contribution in [2.45, 2.75) is 0 Å². The number of fused-ring (bicyclic) bond motifs is 1. The van der Waals surface area contributed by atoms with Crippen LogP contribution in [0.5, 0.6) is 0 Å². The predicted molar refractivity (Wildman–Crippen MR) is 66.6 cm³/mol. The van der Waals surface area contributed by atoms with Gasteiger partial charge in [0.1, 0.15) is 5.65 Å². The Kier molecular flexibility index (Phi) is 3.04. The molecule has 0 amide bonds. The molecule has 0 radical (unpaired) electrons. The molecule has 0 spiro atoms. The molecule has 0 unspecified atom stereocenters. The van der Waals surface area contributed by atoms with E-state index in [1.54, 1.807) is 0 Å². The number of aryl methyl sites for hydroxylation is 1. The zero-order valence-electron chi connectivity index (χ0n) is 9.48. The highest BCUT2D eigenvalue weighted by Gasteiger charge is 2.17. The number of nitrogens with one attached hydrogen (secondary N) is 1. The van der Waals surface area contributed by atoms with E-state index in [0.717, 1.165) is 0 Å². The largest absolute Gasteiger partial charge is 0.465 e. The summed E-state index contributed by atoms with van der Waals surface area (Å²) in [5, 5.41) is 0.125. The summed E-state index contributed by atoms with van der Waals surface area (Å²) < 4.78 is 6.00. The highest BCUT2D eigenvalue weighted by atomic mass is 79.9. The SMILES string of the molecule is COC(=O)c1cnc2c(c1Br)c(=O)[nH]c(=O)n2C. The number of halogens is 1. The summed E-state index contributed by atoms with van der Waals surface area (Å²) >= 11 is 3.16. The van der Waals surface area contributed by atoms with Gasteiger partial charge in [-0.3, -0.25) is 14.3 Å². The van der Waals surface area contributed by atoms with Crippen LogP contribution in [-0.4, -0.2) is 27.6 Å². The standard InChI is InChI=1S/C10H8BrN3O4/c1-14-7-5(8(15)13-10(14)17)6(11)4(3-12-7)9(16)18-2/h3H,1-2H3,(H,13,15,17). The van der Waals surface area contributed by atoms with Gasteiger partial charge in [-0.05, 0) is 15.9 Å². The number of H-pyrrole nitrogens is 1. The molecular formula is C10H8BrN3O4. The van der Waals surface area contributed by atoms with E-state index in [-0.39, 0.29) is 21.1 Å². The van der Waals surface area contributed by atoms with Gasteiger partial charge in [0.15, 0.2) is 0 Å². The third-order valence-electron chi connectivity index (χ3n) is 2.47. The van der Waals surface area contributed by atoms with E-state index in [9.17, 15) is 14.4 Å². The summed E-state index contributed by atoms with van der Waals surface area (Å²) in [7, 11) is 2.70. The molecule has 2 aromatic rings. The molecule has 0 aromatic carbocycles. The molecule has 2 aromatic heterocycles. The summed E-state index contributed by atoms with van der Waals surface area (Å²) in [5.41, 5.74) is -0.881. The first-order valence-corrected chi connectivity index (χ1v) is 5.62. The van der Waals surface area contributed by atoms with Crippen molar-refractivity contribution >= 4 is 32.9 Å². The maximum absolute atomic E-state index is 11.7. The quantitative estimate of drug-likeness (QED) is 0.757. The molecule has 2 heterocycles. The molecule has 0 saturated carbocycles. The van der Waals surface area contributed by atoms with Crippen LogP contribution >= 0.6 is 15.9 Å². The Bertz CT molecular complexity index is 762. The Hall–Kier alpha value is -1.96. The Labute approximate surface area is 109 Å². The van der Waals surface area contributed by atoms with Crippen LogP contribution in [0.15, 0.2) is 20.3 Å². The van der Waals surface area contributed by atoms with Crippen LogP contribution in [0.1, 0.15) is 10.4 Å². The molecule has 0 aliphatic rings. The number of aromatic amines is 1. The Morgan fingerprint density at radius 1 is 1.50 bits per heavy atom. The van der Waals surface area contributed by atoms with Crippen LogP contribution in [0.25, 0.3) is 11.0 Å². The van der Waals surface area contributed by atoms with Gasteiger partial charge in [-0.25, -0.2) is 14.6 Å². The molecule has 0 fully saturated rings. The zero-order chi connectivity index (χ0) is 13.4. The third kappa shape index (κ3) is 1.74. The van der Waals surface area contributed by atoms with Crippen LogP contribution in [0.3, 0.4) is 0 Å². The number of aromatic nitrogens is 3. The monoisotopic (exact) mass is 313 g/mol. The van der Waals surface area contributed by atoms with Gasteiger partial charge in [-0.15, -0.1) is 0 Å². The molecule has 0 aliphatic heterocycles. The fourth-order valence-corrected chi connectivity index (χ4v) is 2.15. The van der Waals surface area contributed by atoms with E-state index >= 15 is 0 Å². The van der Waals surface area contributed by atoms with Crippen molar-refractivity contribution in [3.8, 4) is 0 Å². The average molecular weight is 314 g/mol. The van der Waals surface area contributed by atoms with Crippen molar-refractivity contribution in [2.24, 2.45) is 7.05 Å². The van der Waals surface area contributed by atoms with Crippen LogP contribution in [-0.2, 0) is 11.8 Å². The smallest absolute Gasteiger partial charge is 0.340 e. The number of carbonyl (C=O) groups is 1. The second-order valence-corrected chi connectivity index (χ2v) is 4.29. The molecule has 0 atom stereocenters. The number of pyridine rings is 1.